The van der Waals surface area contributed by atoms with E-state index >= 15 is 0 Å². The van der Waals surface area contributed by atoms with Crippen molar-refractivity contribution in [2.75, 3.05) is 13.2 Å². The molecule has 0 heterocycles. The molecule has 5 heteroatoms. The summed E-state index contributed by atoms with van der Waals surface area (Å²) in [6, 6.07) is 0. The Balaban J connectivity index is 1.91. The number of Topliss-reactive ketones (excluding diaryl/α,β-unsaturated/α-hetero) is 1. The summed E-state index contributed by atoms with van der Waals surface area (Å²) in [4.78, 5) is 11.1. The highest BCUT2D eigenvalue weighted by Gasteiger charge is 2.29. The summed E-state index contributed by atoms with van der Waals surface area (Å²) in [5.74, 6) is 0.359. The van der Waals surface area contributed by atoms with Crippen molar-refractivity contribution in [3.8, 4) is 0 Å². The highest BCUT2D eigenvalue weighted by atomic mass is 19.4. The number of hydrogen-bond donors (Lipinski definition) is 0. The van der Waals surface area contributed by atoms with Gasteiger partial charge in [-0.2, -0.15) is 13.2 Å². The lowest BCUT2D eigenvalue weighted by atomic mass is 10.1. The van der Waals surface area contributed by atoms with Crippen LogP contribution in [0.25, 0.3) is 0 Å². The van der Waals surface area contributed by atoms with E-state index < -0.39 is 12.8 Å². The molecule has 1 aliphatic carbocycles. The number of ether oxygens (including phenoxy) is 1. The monoisotopic (exact) mass is 210 g/mol. The molecule has 0 amide bonds. The highest BCUT2D eigenvalue weighted by molar-refractivity contribution is 5.83. The fourth-order valence-corrected chi connectivity index (χ4v) is 1.15. The summed E-state index contributed by atoms with van der Waals surface area (Å²) in [6.07, 6.45) is -1.63. The lowest BCUT2D eigenvalue weighted by Gasteiger charge is -2.06. The van der Waals surface area contributed by atoms with Crippen LogP contribution in [0.3, 0.4) is 0 Å². The van der Waals surface area contributed by atoms with Gasteiger partial charge in [0.1, 0.15) is 12.4 Å². The maximum atomic E-state index is 11.6. The van der Waals surface area contributed by atoms with Crippen molar-refractivity contribution in [1.82, 2.24) is 0 Å². The topological polar surface area (TPSA) is 26.3 Å². The maximum absolute atomic E-state index is 11.6. The minimum atomic E-state index is -4.26. The fourth-order valence-electron chi connectivity index (χ4n) is 1.15. The summed E-state index contributed by atoms with van der Waals surface area (Å²) in [5.41, 5.74) is 0. The number of alkyl halides is 3. The number of rotatable bonds is 6. The molecule has 0 atom stereocenters. The smallest absolute Gasteiger partial charge is 0.372 e. The Morgan fingerprint density at radius 1 is 1.36 bits per heavy atom. The predicted octanol–water partition coefficient (Wildman–Crippen LogP) is 2.32. The molecule has 2 nitrogen and oxygen atoms in total. The van der Waals surface area contributed by atoms with Crippen LogP contribution in [0.2, 0.25) is 0 Å². The molecule has 0 aromatic heterocycles. The van der Waals surface area contributed by atoms with Crippen LogP contribution in [-0.2, 0) is 9.53 Å². The molecule has 0 aromatic rings. The molecule has 1 rings (SSSR count). The van der Waals surface area contributed by atoms with Crippen LogP contribution < -0.4 is 0 Å². The van der Waals surface area contributed by atoms with Gasteiger partial charge in [-0.15, -0.1) is 0 Å². The number of halogens is 3. The Hall–Kier alpha value is -0.580. The van der Waals surface area contributed by atoms with Crippen LogP contribution in [0.5, 0.6) is 0 Å². The second kappa shape index (κ2) is 4.77. The number of carbonyl (C=O) groups excluding carboxylic acids is 1. The largest absolute Gasteiger partial charge is 0.411 e. The molecule has 0 aliphatic heterocycles. The van der Waals surface area contributed by atoms with Gasteiger partial charge in [0.05, 0.1) is 0 Å². The van der Waals surface area contributed by atoms with Gasteiger partial charge in [0.25, 0.3) is 0 Å². The summed E-state index contributed by atoms with van der Waals surface area (Å²) in [5, 5.41) is 0. The van der Waals surface area contributed by atoms with E-state index in [1.165, 1.54) is 0 Å². The molecule has 0 aromatic carbocycles. The van der Waals surface area contributed by atoms with E-state index in [0.29, 0.717) is 12.8 Å². The third-order valence-electron chi connectivity index (χ3n) is 2.01. The molecule has 1 aliphatic rings. The Bertz CT molecular complexity index is 197. The van der Waals surface area contributed by atoms with Gasteiger partial charge in [-0.25, -0.2) is 0 Å². The molecule has 0 unspecified atom stereocenters. The molecule has 14 heavy (non-hydrogen) atoms. The van der Waals surface area contributed by atoms with Crippen molar-refractivity contribution in [1.29, 1.82) is 0 Å². The van der Waals surface area contributed by atoms with Crippen molar-refractivity contribution in [3.63, 3.8) is 0 Å². The van der Waals surface area contributed by atoms with E-state index in [-0.39, 0.29) is 18.3 Å². The molecular formula is C9H13F3O2. The molecule has 0 bridgehead atoms. The standard InChI is InChI=1S/C9H13F3O2/c10-9(11,12)6-14-5-1-2-8(13)7-3-4-7/h7H,1-6H2. The predicted molar refractivity (Wildman–Crippen MR) is 43.8 cm³/mol. The van der Waals surface area contributed by atoms with Crippen molar-refractivity contribution in [2.45, 2.75) is 31.9 Å². The first-order chi connectivity index (χ1) is 6.49. The summed E-state index contributed by atoms with van der Waals surface area (Å²) in [7, 11) is 0. The average molecular weight is 210 g/mol. The van der Waals surface area contributed by atoms with Crippen molar-refractivity contribution < 1.29 is 22.7 Å². The summed E-state index contributed by atoms with van der Waals surface area (Å²) in [6.45, 7) is -1.21. The Morgan fingerprint density at radius 2 is 2.00 bits per heavy atom. The van der Waals surface area contributed by atoms with Gasteiger partial charge in [0.15, 0.2) is 0 Å². The number of hydrogen-bond acceptors (Lipinski definition) is 2. The van der Waals surface area contributed by atoms with E-state index in [1.54, 1.807) is 0 Å². The van der Waals surface area contributed by atoms with Gasteiger partial charge >= 0.3 is 6.18 Å². The van der Waals surface area contributed by atoms with Crippen LogP contribution in [0.15, 0.2) is 0 Å². The maximum Gasteiger partial charge on any atom is 0.411 e. The first-order valence-corrected chi connectivity index (χ1v) is 4.66. The normalized spacial score (nSPS) is 17.1. The molecule has 0 N–H and O–H groups in total. The van der Waals surface area contributed by atoms with Crippen molar-refractivity contribution in [2.24, 2.45) is 5.92 Å². The van der Waals surface area contributed by atoms with Crippen LogP contribution in [0.1, 0.15) is 25.7 Å². The van der Waals surface area contributed by atoms with Gasteiger partial charge in [0, 0.05) is 18.9 Å². The minimum Gasteiger partial charge on any atom is -0.372 e. The molecular weight excluding hydrogens is 197 g/mol. The van der Waals surface area contributed by atoms with E-state index in [2.05, 4.69) is 4.74 Å². The van der Waals surface area contributed by atoms with Gasteiger partial charge in [-0.3, -0.25) is 4.79 Å². The second-order valence-electron chi connectivity index (χ2n) is 3.51. The van der Waals surface area contributed by atoms with Gasteiger partial charge < -0.3 is 4.74 Å². The van der Waals surface area contributed by atoms with Crippen LogP contribution in [0, 0.1) is 5.92 Å². The second-order valence-corrected chi connectivity index (χ2v) is 3.51. The molecule has 0 spiro atoms. The SMILES string of the molecule is O=C(CCCOCC(F)(F)F)C1CC1. The third kappa shape index (κ3) is 5.21. The summed E-state index contributed by atoms with van der Waals surface area (Å²) < 4.78 is 39.1. The Morgan fingerprint density at radius 3 is 2.50 bits per heavy atom. The zero-order valence-electron chi connectivity index (χ0n) is 7.77. The van der Waals surface area contributed by atoms with E-state index in [0.717, 1.165) is 12.8 Å². The average Bonchev–Trinajstić information content (AvgIpc) is 2.83. The fraction of sp³-hybridized carbons (Fsp3) is 0.889. The molecule has 0 saturated heterocycles. The zero-order chi connectivity index (χ0) is 10.6. The van der Waals surface area contributed by atoms with Crippen LogP contribution >= 0.6 is 0 Å². The van der Waals surface area contributed by atoms with Crippen molar-refractivity contribution in [3.05, 3.63) is 0 Å². The van der Waals surface area contributed by atoms with Crippen molar-refractivity contribution >= 4 is 5.78 Å². The number of carbonyl (C=O) groups is 1. The third-order valence-corrected chi connectivity index (χ3v) is 2.01. The zero-order valence-corrected chi connectivity index (χ0v) is 7.77. The highest BCUT2D eigenvalue weighted by Crippen LogP contribution is 2.31. The quantitative estimate of drug-likeness (QED) is 0.629. The lowest BCUT2D eigenvalue weighted by molar-refractivity contribution is -0.174. The van der Waals surface area contributed by atoms with Crippen LogP contribution in [-0.4, -0.2) is 25.2 Å². The van der Waals surface area contributed by atoms with Gasteiger partial charge in [-0.05, 0) is 19.3 Å². The molecule has 82 valence electrons. The number of ketones is 1. The first kappa shape index (κ1) is 11.5. The van der Waals surface area contributed by atoms with Crippen LogP contribution in [0.4, 0.5) is 13.2 Å². The van der Waals surface area contributed by atoms with Gasteiger partial charge in [-0.1, -0.05) is 0 Å². The molecule has 1 saturated carbocycles. The minimum absolute atomic E-state index is 0.0119. The molecule has 0 radical (unpaired) electrons. The van der Waals surface area contributed by atoms with E-state index in [4.69, 9.17) is 0 Å². The molecule has 1 fully saturated rings. The van der Waals surface area contributed by atoms with E-state index in [1.807, 2.05) is 0 Å². The Labute approximate surface area is 80.4 Å². The van der Waals surface area contributed by atoms with Gasteiger partial charge in [0.2, 0.25) is 0 Å². The van der Waals surface area contributed by atoms with E-state index in [9.17, 15) is 18.0 Å². The Kier molecular flexibility index (Phi) is 3.92. The summed E-state index contributed by atoms with van der Waals surface area (Å²) >= 11 is 0. The first-order valence-electron chi connectivity index (χ1n) is 4.66. The lowest BCUT2D eigenvalue weighted by Crippen LogP contribution is -2.17.